The molecule has 7 heteroatoms. The summed E-state index contributed by atoms with van der Waals surface area (Å²) in [4.78, 5) is 26.7. The summed E-state index contributed by atoms with van der Waals surface area (Å²) in [5.74, 6) is 0. The lowest BCUT2D eigenvalue weighted by Crippen LogP contribution is -2.38. The van der Waals surface area contributed by atoms with Crippen LogP contribution in [-0.2, 0) is 19.1 Å². The van der Waals surface area contributed by atoms with Gasteiger partial charge in [0.2, 0.25) is 0 Å². The predicted octanol–water partition coefficient (Wildman–Crippen LogP) is -1.20. The lowest BCUT2D eigenvalue weighted by atomic mass is 10.4. The van der Waals surface area contributed by atoms with Crippen LogP contribution in [-0.4, -0.2) is 87.4 Å². The number of carbonyl (C=O) groups is 2. The van der Waals surface area contributed by atoms with Gasteiger partial charge in [-0.15, -0.1) is 0 Å². The molecule has 0 spiro atoms. The van der Waals surface area contributed by atoms with E-state index in [0.717, 1.165) is 39.3 Å². The molecular formula is C11H21N3O4. The zero-order valence-corrected chi connectivity index (χ0v) is 10.8. The topological polar surface area (TPSA) is 62.3 Å². The molecule has 0 N–H and O–H groups in total. The zero-order valence-electron chi connectivity index (χ0n) is 10.8. The van der Waals surface area contributed by atoms with Gasteiger partial charge in [0.1, 0.15) is 13.5 Å². The summed E-state index contributed by atoms with van der Waals surface area (Å²) >= 11 is 0. The number of ether oxygens (including phenoxy) is 2. The maximum Gasteiger partial charge on any atom is 0.294 e. The summed E-state index contributed by atoms with van der Waals surface area (Å²) < 4.78 is 9.57. The second-order valence-electron chi connectivity index (χ2n) is 4.32. The van der Waals surface area contributed by atoms with Crippen molar-refractivity contribution >= 4 is 12.9 Å². The van der Waals surface area contributed by atoms with Crippen molar-refractivity contribution in [3.63, 3.8) is 0 Å². The van der Waals surface area contributed by atoms with Crippen LogP contribution in [0.3, 0.4) is 0 Å². The van der Waals surface area contributed by atoms with E-state index in [-0.39, 0.29) is 0 Å². The molecule has 0 atom stereocenters. The Morgan fingerprint density at radius 3 is 1.61 bits per heavy atom. The molecule has 1 aliphatic heterocycles. The van der Waals surface area contributed by atoms with E-state index >= 15 is 0 Å². The van der Waals surface area contributed by atoms with Gasteiger partial charge < -0.3 is 14.4 Å². The molecular weight excluding hydrogens is 238 g/mol. The highest BCUT2D eigenvalue weighted by molar-refractivity contribution is 5.37. The fourth-order valence-corrected chi connectivity index (χ4v) is 1.77. The van der Waals surface area contributed by atoms with Crippen molar-refractivity contribution in [2.24, 2.45) is 0 Å². The Balaban J connectivity index is 2.44. The fraction of sp³-hybridized carbons (Fsp3) is 0.818. The first kappa shape index (κ1) is 14.9. The molecule has 1 fully saturated rings. The summed E-state index contributed by atoms with van der Waals surface area (Å²) in [5, 5.41) is 0. The SMILES string of the molecule is CN1CCN(COC=O)CCN(COC=O)CC1. The molecule has 0 unspecified atom stereocenters. The highest BCUT2D eigenvalue weighted by Gasteiger charge is 2.14. The normalized spacial score (nSPS) is 20.5. The summed E-state index contributed by atoms with van der Waals surface area (Å²) in [6, 6.07) is 0. The van der Waals surface area contributed by atoms with Crippen molar-refractivity contribution in [1.29, 1.82) is 0 Å². The Bertz CT molecular complexity index is 228. The first-order chi connectivity index (χ1) is 8.76. The number of hydrogen-bond acceptors (Lipinski definition) is 7. The number of carbonyl (C=O) groups excluding carboxylic acids is 2. The maximum atomic E-state index is 10.2. The fourth-order valence-electron chi connectivity index (χ4n) is 1.77. The molecule has 0 saturated carbocycles. The van der Waals surface area contributed by atoms with Crippen molar-refractivity contribution in [3.8, 4) is 0 Å². The number of rotatable bonds is 6. The second kappa shape index (κ2) is 8.84. The third kappa shape index (κ3) is 5.95. The molecule has 0 aromatic rings. The molecule has 18 heavy (non-hydrogen) atoms. The third-order valence-electron chi connectivity index (χ3n) is 2.98. The highest BCUT2D eigenvalue weighted by Crippen LogP contribution is 1.99. The Hall–Kier alpha value is -1.18. The van der Waals surface area contributed by atoms with Crippen LogP contribution in [0.4, 0.5) is 0 Å². The first-order valence-electron chi connectivity index (χ1n) is 6.00. The van der Waals surface area contributed by atoms with Gasteiger partial charge in [-0.2, -0.15) is 0 Å². The second-order valence-corrected chi connectivity index (χ2v) is 4.32. The minimum Gasteiger partial charge on any atom is -0.452 e. The van der Waals surface area contributed by atoms with Gasteiger partial charge in [0.25, 0.3) is 12.9 Å². The quantitative estimate of drug-likeness (QED) is 0.555. The van der Waals surface area contributed by atoms with Crippen LogP contribution >= 0.6 is 0 Å². The van der Waals surface area contributed by atoms with Crippen LogP contribution in [0.1, 0.15) is 0 Å². The summed E-state index contributed by atoms with van der Waals surface area (Å²) in [6.45, 7) is 6.65. The average molecular weight is 259 g/mol. The van der Waals surface area contributed by atoms with Crippen molar-refractivity contribution < 1.29 is 19.1 Å². The molecule has 1 aliphatic rings. The molecule has 1 heterocycles. The van der Waals surface area contributed by atoms with Gasteiger partial charge in [0, 0.05) is 39.3 Å². The average Bonchev–Trinajstić information content (AvgIpc) is 2.46. The molecule has 0 aromatic carbocycles. The number of hydrogen-bond donors (Lipinski definition) is 0. The van der Waals surface area contributed by atoms with Gasteiger partial charge in [0.15, 0.2) is 0 Å². The van der Waals surface area contributed by atoms with Crippen LogP contribution < -0.4 is 0 Å². The Morgan fingerprint density at radius 2 is 1.22 bits per heavy atom. The van der Waals surface area contributed by atoms with Crippen LogP contribution in [0.15, 0.2) is 0 Å². The van der Waals surface area contributed by atoms with Crippen LogP contribution in [0.25, 0.3) is 0 Å². The van der Waals surface area contributed by atoms with E-state index in [0.29, 0.717) is 26.4 Å². The van der Waals surface area contributed by atoms with E-state index in [9.17, 15) is 9.59 Å². The van der Waals surface area contributed by atoms with E-state index in [2.05, 4.69) is 14.7 Å². The standard InChI is InChI=1S/C11H21N3O4/c1-12-2-4-13(8-17-10-15)6-7-14(5-3-12)9-18-11-16/h10-11H,2-9H2,1H3. The van der Waals surface area contributed by atoms with Gasteiger partial charge in [-0.25, -0.2) is 0 Å². The first-order valence-corrected chi connectivity index (χ1v) is 6.00. The van der Waals surface area contributed by atoms with Crippen LogP contribution in [0.5, 0.6) is 0 Å². The minimum atomic E-state index is 0.305. The van der Waals surface area contributed by atoms with E-state index in [4.69, 9.17) is 9.47 Å². The van der Waals surface area contributed by atoms with Crippen molar-refractivity contribution in [3.05, 3.63) is 0 Å². The molecule has 0 amide bonds. The van der Waals surface area contributed by atoms with Gasteiger partial charge in [-0.05, 0) is 7.05 Å². The lowest BCUT2D eigenvalue weighted by molar-refractivity contribution is -0.135. The van der Waals surface area contributed by atoms with Crippen molar-refractivity contribution in [1.82, 2.24) is 14.7 Å². The predicted molar refractivity (Wildman–Crippen MR) is 64.7 cm³/mol. The molecule has 104 valence electrons. The summed E-state index contributed by atoms with van der Waals surface area (Å²) in [7, 11) is 2.04. The van der Waals surface area contributed by atoms with Crippen LogP contribution in [0, 0.1) is 0 Å². The van der Waals surface area contributed by atoms with Crippen molar-refractivity contribution in [2.45, 2.75) is 0 Å². The molecule has 0 bridgehead atoms. The van der Waals surface area contributed by atoms with Gasteiger partial charge >= 0.3 is 0 Å². The Kier molecular flexibility index (Phi) is 7.31. The van der Waals surface area contributed by atoms with Gasteiger partial charge in [-0.3, -0.25) is 19.4 Å². The largest absolute Gasteiger partial charge is 0.452 e. The highest BCUT2D eigenvalue weighted by atomic mass is 16.5. The molecule has 0 aromatic heterocycles. The van der Waals surface area contributed by atoms with E-state index < -0.39 is 0 Å². The molecule has 7 nitrogen and oxygen atoms in total. The van der Waals surface area contributed by atoms with E-state index in [1.165, 1.54) is 0 Å². The summed E-state index contributed by atoms with van der Waals surface area (Å²) in [6.07, 6.45) is 0. The summed E-state index contributed by atoms with van der Waals surface area (Å²) in [5.41, 5.74) is 0. The monoisotopic (exact) mass is 259 g/mol. The Labute approximate surface area is 107 Å². The smallest absolute Gasteiger partial charge is 0.294 e. The molecule has 0 radical (unpaired) electrons. The third-order valence-corrected chi connectivity index (χ3v) is 2.98. The van der Waals surface area contributed by atoms with Crippen molar-refractivity contribution in [2.75, 3.05) is 59.8 Å². The van der Waals surface area contributed by atoms with E-state index in [1.54, 1.807) is 0 Å². The maximum absolute atomic E-state index is 10.2. The Morgan fingerprint density at radius 1 is 0.833 bits per heavy atom. The lowest BCUT2D eigenvalue weighted by Gasteiger charge is -2.23. The molecule has 1 rings (SSSR count). The minimum absolute atomic E-state index is 0.305. The van der Waals surface area contributed by atoms with E-state index in [1.807, 2.05) is 7.05 Å². The van der Waals surface area contributed by atoms with Crippen LogP contribution in [0.2, 0.25) is 0 Å². The molecule has 0 aliphatic carbocycles. The molecule has 1 saturated heterocycles. The van der Waals surface area contributed by atoms with Gasteiger partial charge in [-0.1, -0.05) is 0 Å². The number of likely N-dealkylation sites (N-methyl/N-ethyl adjacent to an activating group) is 1. The number of nitrogens with zero attached hydrogens (tertiary/aromatic N) is 3. The van der Waals surface area contributed by atoms with Gasteiger partial charge in [0.05, 0.1) is 0 Å². The zero-order chi connectivity index (χ0) is 13.2.